The largest absolute Gasteiger partial charge is 0.358 e. The van der Waals surface area contributed by atoms with Crippen LogP contribution in [0.1, 0.15) is 22.3 Å². The fourth-order valence-corrected chi connectivity index (χ4v) is 6.35. The second-order valence-corrected chi connectivity index (χ2v) is 10.4. The molecule has 4 aliphatic heterocycles. The second kappa shape index (κ2) is 17.0. The molecular weight excluding hydrogens is 912 g/mol. The molecule has 6 aromatic rings. The minimum atomic E-state index is 0. The number of hydrogen-bond donors (Lipinski definition) is 0. The van der Waals surface area contributed by atoms with Crippen molar-refractivity contribution >= 4 is 56.5 Å². The van der Waals surface area contributed by atoms with E-state index in [1.54, 1.807) is 0 Å². The van der Waals surface area contributed by atoms with Crippen molar-refractivity contribution in [3.63, 3.8) is 0 Å². The van der Waals surface area contributed by atoms with Gasteiger partial charge in [0.15, 0.2) is 23.3 Å². The van der Waals surface area contributed by atoms with Gasteiger partial charge >= 0.3 is 0 Å². The van der Waals surface area contributed by atoms with Crippen molar-refractivity contribution in [2.45, 2.75) is 6.67 Å². The molecule has 4 aromatic carbocycles. The Balaban J connectivity index is 0.00000104. The van der Waals surface area contributed by atoms with Crippen LogP contribution in [0.3, 0.4) is 0 Å². The normalized spacial score (nSPS) is 13.1. The number of aromatic nitrogens is 2. The van der Waals surface area contributed by atoms with Gasteiger partial charge in [-0.2, -0.15) is 0 Å². The quantitative estimate of drug-likeness (QED) is 0.150. The first-order valence-electron chi connectivity index (χ1n) is 13.5. The molecule has 0 atom stereocenters. The van der Waals surface area contributed by atoms with Gasteiger partial charge in [0.2, 0.25) is 0 Å². The van der Waals surface area contributed by atoms with Crippen LogP contribution >= 0.6 is 0 Å². The van der Waals surface area contributed by atoms with Crippen molar-refractivity contribution in [1.82, 2.24) is 9.13 Å². The average molecular weight is 942 g/mol. The Morgan fingerprint density at radius 3 is 1.02 bits per heavy atom. The van der Waals surface area contributed by atoms with E-state index in [9.17, 15) is 0 Å². The van der Waals surface area contributed by atoms with Crippen LogP contribution in [0.15, 0.2) is 127 Å². The summed E-state index contributed by atoms with van der Waals surface area (Å²) < 4.78 is 4.31. The fraction of sp³-hybridized carbons (Fsp3) is 0.0270. The van der Waals surface area contributed by atoms with Gasteiger partial charge in [0, 0.05) is 175 Å². The summed E-state index contributed by atoms with van der Waals surface area (Å²) >= 11 is 0. The van der Waals surface area contributed by atoms with E-state index >= 15 is 0 Å². The summed E-state index contributed by atoms with van der Waals surface area (Å²) in [7, 11) is 0. The summed E-state index contributed by atoms with van der Waals surface area (Å²) in [5.74, 6) is 4.18. The van der Waals surface area contributed by atoms with Crippen molar-refractivity contribution in [3.05, 3.63) is 160 Å². The number of benzene rings is 4. The van der Waals surface area contributed by atoms with Crippen LogP contribution in [0.5, 0.6) is 0 Å². The summed E-state index contributed by atoms with van der Waals surface area (Å²) in [6.07, 6.45) is 0. The summed E-state index contributed by atoms with van der Waals surface area (Å²) in [6.45, 7) is 0.423. The van der Waals surface area contributed by atoms with Crippen LogP contribution in [0, 0.1) is 29.7 Å². The fourth-order valence-electron chi connectivity index (χ4n) is 6.35. The summed E-state index contributed by atoms with van der Waals surface area (Å²) in [5, 5.41) is 4.02. The maximum atomic E-state index is 5.22. The first-order valence-corrected chi connectivity index (χ1v) is 13.5. The molecule has 0 amide bonds. The van der Waals surface area contributed by atoms with E-state index in [-0.39, 0.29) is 161 Å². The molecule has 0 fully saturated rings. The zero-order valence-corrected chi connectivity index (χ0v) is 39.2. The Hall–Kier alpha value is -1.34. The number of hydrogen-bond acceptors (Lipinski definition) is 6. The number of aliphatic imine (C=N–C) groups is 4. The topological polar surface area (TPSA) is 84.0 Å². The summed E-state index contributed by atoms with van der Waals surface area (Å²) in [6, 6.07) is 32.9. The predicted molar refractivity (Wildman–Crippen MR) is 186 cm³/mol. The van der Waals surface area contributed by atoms with Crippen LogP contribution < -0.4 is 11.0 Å². The molecule has 8 nitrogen and oxygen atoms in total. The van der Waals surface area contributed by atoms with Gasteiger partial charge in [0.25, 0.3) is 0 Å². The summed E-state index contributed by atoms with van der Waals surface area (Å²) in [5.41, 5.74) is 5.45. The molecule has 12 heteroatoms. The Morgan fingerprint density at radius 2 is 0.653 bits per heavy atom. The van der Waals surface area contributed by atoms with E-state index in [0.29, 0.717) is 30.0 Å². The maximum absolute atomic E-state index is 5.22. The second-order valence-electron chi connectivity index (χ2n) is 10.4. The minimum absolute atomic E-state index is 0. The van der Waals surface area contributed by atoms with Gasteiger partial charge in [-0.15, -0.1) is 0 Å². The number of amidine groups is 4. The molecule has 2 aromatic heterocycles. The molecule has 10 rings (SSSR count). The Bertz CT molecular complexity index is 2300. The van der Waals surface area contributed by atoms with E-state index in [1.165, 1.54) is 0 Å². The third kappa shape index (κ3) is 6.61. The molecule has 6 heterocycles. The van der Waals surface area contributed by atoms with Crippen LogP contribution in [0.2, 0.25) is 0 Å². The van der Waals surface area contributed by atoms with Gasteiger partial charge in [-0.05, 0) is 0 Å². The maximum Gasteiger partial charge on any atom is 0.164 e. The molecule has 234 valence electrons. The van der Waals surface area contributed by atoms with Crippen LogP contribution in [0.4, 0.5) is 11.6 Å². The monoisotopic (exact) mass is 942 g/mol. The van der Waals surface area contributed by atoms with Crippen molar-refractivity contribution in [1.29, 1.82) is 0 Å². The van der Waals surface area contributed by atoms with Crippen molar-refractivity contribution in [3.8, 4) is 0 Å². The van der Waals surface area contributed by atoms with Crippen LogP contribution in [0.25, 0.3) is 21.5 Å². The third-order valence-corrected chi connectivity index (χ3v) is 8.21. The zero-order valence-electron chi connectivity index (χ0n) is 27.8. The molecule has 0 saturated heterocycles. The molecule has 4 radical (unpaired) electrons. The van der Waals surface area contributed by atoms with Crippen molar-refractivity contribution in [2.24, 2.45) is 30.0 Å². The number of fused-ring (bicyclic) bond motifs is 14. The van der Waals surface area contributed by atoms with Crippen molar-refractivity contribution < 1.29 is 131 Å². The zero-order chi connectivity index (χ0) is 26.7. The molecule has 49 heavy (non-hydrogen) atoms. The van der Waals surface area contributed by atoms with E-state index in [4.69, 9.17) is 30.0 Å². The smallest absolute Gasteiger partial charge is 0.164 e. The van der Waals surface area contributed by atoms with Gasteiger partial charge in [-0.1, -0.05) is 97.1 Å². The van der Waals surface area contributed by atoms with Crippen molar-refractivity contribution in [2.75, 3.05) is 0 Å². The molecular formula is C37H30N8Y4-4. The van der Waals surface area contributed by atoms with Gasteiger partial charge < -0.3 is 29.7 Å². The first kappa shape index (κ1) is 43.8. The standard InChI is InChI=1S/C33H18N8.4CH3.4Y/c1-2-10-19-18(9-1)26-34-27(19)37-31-24-15-7-8-16-25(24)33-39-29-21-12-4-3-11-20(21)28(35-29)38-32-23-14-6-5-13-22(23)30(36-26)40(32)17-41(31)33;;;;;;;;/h1-16H,17H2;4*1H3;;;;/q;4*-1;;;;. The Labute approximate surface area is 387 Å². The van der Waals surface area contributed by atoms with Crippen LogP contribution in [-0.2, 0) is 138 Å². The third-order valence-electron chi connectivity index (χ3n) is 8.21. The molecule has 0 unspecified atom stereocenters. The number of nitrogens with zero attached hydrogens (tertiary/aromatic N) is 8. The predicted octanol–water partition coefficient (Wildman–Crippen LogP) is 6.84. The molecule has 0 aliphatic carbocycles. The van der Waals surface area contributed by atoms with Gasteiger partial charge in [-0.3, -0.25) is 9.13 Å². The van der Waals surface area contributed by atoms with E-state index < -0.39 is 0 Å². The molecule has 0 saturated carbocycles. The number of rotatable bonds is 0. The Morgan fingerprint density at radius 1 is 0.347 bits per heavy atom. The minimum Gasteiger partial charge on any atom is -0.358 e. The Kier molecular flexibility index (Phi) is 15.2. The first-order chi connectivity index (χ1) is 20.3. The SMILES string of the molecule is [CH3-].[CH3-].[CH3-].[CH3-].[Y].[Y].[Y].[Y].c1ccc2c(c1)C1=NC2=Nc2c3ccccc3c3n2Cn2c(c4ccccc4c2=NC2=NC(=N3)c3ccccc32)=N1. The molecule has 6 bridgehead atoms. The van der Waals surface area contributed by atoms with E-state index in [2.05, 4.69) is 57.7 Å². The van der Waals surface area contributed by atoms with E-state index in [0.717, 1.165) is 66.4 Å². The van der Waals surface area contributed by atoms with E-state index in [1.807, 2.05) is 48.5 Å². The average Bonchev–Trinajstić information content (AvgIpc) is 3.72. The molecule has 4 aliphatic rings. The van der Waals surface area contributed by atoms with Gasteiger partial charge in [-0.25, -0.2) is 30.0 Å². The molecule has 0 N–H and O–H groups in total. The molecule has 0 spiro atoms. The van der Waals surface area contributed by atoms with Gasteiger partial charge in [0.1, 0.15) is 29.3 Å². The van der Waals surface area contributed by atoms with Gasteiger partial charge in [0.05, 0.1) is 0 Å². The van der Waals surface area contributed by atoms with Crippen LogP contribution in [-0.4, -0.2) is 32.5 Å². The summed E-state index contributed by atoms with van der Waals surface area (Å²) in [4.78, 5) is 30.9.